The molecule has 0 bridgehead atoms. The van der Waals surface area contributed by atoms with Gasteiger partial charge in [0.05, 0.1) is 17.8 Å². The van der Waals surface area contributed by atoms with Crippen molar-refractivity contribution < 1.29 is 14.3 Å². The first-order valence-electron chi connectivity index (χ1n) is 8.59. The van der Waals surface area contributed by atoms with E-state index < -0.39 is 5.91 Å². The van der Waals surface area contributed by atoms with E-state index in [1.54, 1.807) is 59.5 Å². The minimum Gasteiger partial charge on any atom is -0.494 e. The van der Waals surface area contributed by atoms with E-state index in [2.05, 4.69) is 15.8 Å². The van der Waals surface area contributed by atoms with Crippen molar-refractivity contribution in [2.24, 2.45) is 0 Å². The summed E-state index contributed by atoms with van der Waals surface area (Å²) in [4.78, 5) is 29.6. The molecule has 8 heteroatoms. The molecule has 0 atom stereocenters. The fraction of sp³-hybridized carbons (Fsp3) is 0.150. The third kappa shape index (κ3) is 5.58. The summed E-state index contributed by atoms with van der Waals surface area (Å²) >= 11 is 3.22. The third-order valence-corrected chi connectivity index (χ3v) is 5.38. The minimum absolute atomic E-state index is 0.379. The molecular weight excluding hydrogens is 394 g/mol. The Morgan fingerprint density at radius 2 is 1.61 bits per heavy atom. The van der Waals surface area contributed by atoms with Crippen LogP contribution in [-0.4, -0.2) is 23.4 Å². The molecule has 3 rings (SSSR count). The summed E-state index contributed by atoms with van der Waals surface area (Å²) in [6, 6.07) is 13.9. The SMILES string of the molecule is CCOc1ccc(C(=O)NNC(=O)c2ccc(SCc3cscn3)cc2)cc1. The highest BCUT2D eigenvalue weighted by Crippen LogP contribution is 2.23. The predicted octanol–water partition coefficient (Wildman–Crippen LogP) is 3.91. The van der Waals surface area contributed by atoms with Crippen LogP contribution in [0.4, 0.5) is 0 Å². The highest BCUT2D eigenvalue weighted by molar-refractivity contribution is 7.98. The molecule has 0 unspecified atom stereocenters. The lowest BCUT2D eigenvalue weighted by Crippen LogP contribution is -2.41. The van der Waals surface area contributed by atoms with Crippen LogP contribution in [0.5, 0.6) is 5.75 Å². The normalized spacial score (nSPS) is 10.3. The largest absolute Gasteiger partial charge is 0.494 e. The Kier molecular flexibility index (Phi) is 7.05. The van der Waals surface area contributed by atoms with Crippen molar-refractivity contribution in [3.63, 3.8) is 0 Å². The molecule has 0 spiro atoms. The van der Waals surface area contributed by atoms with Gasteiger partial charge in [0.2, 0.25) is 0 Å². The van der Waals surface area contributed by atoms with Crippen molar-refractivity contribution in [2.75, 3.05) is 6.61 Å². The van der Waals surface area contributed by atoms with Crippen molar-refractivity contribution in [3.05, 3.63) is 76.2 Å². The second kappa shape index (κ2) is 9.91. The molecule has 0 fully saturated rings. The van der Waals surface area contributed by atoms with Crippen LogP contribution in [0.25, 0.3) is 0 Å². The van der Waals surface area contributed by atoms with Crippen molar-refractivity contribution in [2.45, 2.75) is 17.6 Å². The zero-order chi connectivity index (χ0) is 19.8. The number of carbonyl (C=O) groups is 2. The topological polar surface area (TPSA) is 80.3 Å². The Labute approximate surface area is 171 Å². The van der Waals surface area contributed by atoms with Crippen LogP contribution < -0.4 is 15.6 Å². The molecule has 3 aromatic rings. The summed E-state index contributed by atoms with van der Waals surface area (Å²) in [5, 5.41) is 2.02. The number of hydrogen-bond acceptors (Lipinski definition) is 6. The van der Waals surface area contributed by atoms with Gasteiger partial charge in [-0.15, -0.1) is 23.1 Å². The molecule has 2 amide bonds. The van der Waals surface area contributed by atoms with Gasteiger partial charge in [-0.05, 0) is 55.5 Å². The summed E-state index contributed by atoms with van der Waals surface area (Å²) in [7, 11) is 0. The average Bonchev–Trinajstić information content (AvgIpc) is 3.25. The fourth-order valence-corrected chi connectivity index (χ4v) is 3.76. The van der Waals surface area contributed by atoms with Crippen molar-refractivity contribution in [3.8, 4) is 5.75 Å². The summed E-state index contributed by atoms with van der Waals surface area (Å²) in [5.74, 6) is 0.700. The molecule has 0 saturated heterocycles. The van der Waals surface area contributed by atoms with E-state index in [-0.39, 0.29) is 5.91 Å². The number of carbonyl (C=O) groups excluding carboxylic acids is 2. The van der Waals surface area contributed by atoms with Crippen molar-refractivity contribution in [1.82, 2.24) is 15.8 Å². The van der Waals surface area contributed by atoms with Crippen LogP contribution in [0, 0.1) is 0 Å². The molecule has 1 heterocycles. The number of thioether (sulfide) groups is 1. The van der Waals surface area contributed by atoms with Gasteiger partial charge in [-0.3, -0.25) is 20.4 Å². The van der Waals surface area contributed by atoms with Gasteiger partial charge in [-0.1, -0.05) is 0 Å². The molecule has 0 radical (unpaired) electrons. The maximum atomic E-state index is 12.2. The molecule has 28 heavy (non-hydrogen) atoms. The Morgan fingerprint density at radius 1 is 1.00 bits per heavy atom. The quantitative estimate of drug-likeness (QED) is 0.453. The van der Waals surface area contributed by atoms with E-state index >= 15 is 0 Å². The first-order valence-corrected chi connectivity index (χ1v) is 10.5. The van der Waals surface area contributed by atoms with E-state index in [9.17, 15) is 9.59 Å². The monoisotopic (exact) mass is 413 g/mol. The zero-order valence-corrected chi connectivity index (χ0v) is 16.8. The predicted molar refractivity (Wildman–Crippen MR) is 111 cm³/mol. The van der Waals surface area contributed by atoms with Crippen LogP contribution >= 0.6 is 23.1 Å². The number of hydrogen-bond donors (Lipinski definition) is 2. The van der Waals surface area contributed by atoms with Crippen LogP contribution in [-0.2, 0) is 5.75 Å². The number of thiazole rings is 1. The lowest BCUT2D eigenvalue weighted by Gasteiger charge is -2.09. The molecule has 2 N–H and O–H groups in total. The summed E-state index contributed by atoms with van der Waals surface area (Å²) < 4.78 is 5.34. The highest BCUT2D eigenvalue weighted by atomic mass is 32.2. The summed E-state index contributed by atoms with van der Waals surface area (Å²) in [6.45, 7) is 2.45. The number of aromatic nitrogens is 1. The van der Waals surface area contributed by atoms with E-state index in [1.165, 1.54) is 0 Å². The van der Waals surface area contributed by atoms with Crippen LogP contribution in [0.1, 0.15) is 33.3 Å². The van der Waals surface area contributed by atoms with Gasteiger partial charge >= 0.3 is 0 Å². The number of ether oxygens (including phenoxy) is 1. The van der Waals surface area contributed by atoms with Gasteiger partial charge in [0.1, 0.15) is 5.75 Å². The molecule has 144 valence electrons. The molecule has 0 aliphatic rings. The third-order valence-electron chi connectivity index (χ3n) is 3.70. The average molecular weight is 414 g/mol. The van der Waals surface area contributed by atoms with Gasteiger partial charge in [0, 0.05) is 27.2 Å². The first-order chi connectivity index (χ1) is 13.7. The molecule has 0 saturated carbocycles. The van der Waals surface area contributed by atoms with E-state index in [0.29, 0.717) is 23.5 Å². The van der Waals surface area contributed by atoms with Gasteiger partial charge in [0.15, 0.2) is 0 Å². The summed E-state index contributed by atoms with van der Waals surface area (Å²) in [6.07, 6.45) is 0. The number of hydrazine groups is 1. The van der Waals surface area contributed by atoms with Gasteiger partial charge in [-0.25, -0.2) is 4.98 Å². The molecular formula is C20H19N3O3S2. The van der Waals surface area contributed by atoms with Crippen molar-refractivity contribution >= 4 is 34.9 Å². The van der Waals surface area contributed by atoms with Gasteiger partial charge < -0.3 is 4.74 Å². The fourth-order valence-electron chi connectivity index (χ4n) is 2.30. The van der Waals surface area contributed by atoms with E-state index in [1.807, 2.05) is 29.9 Å². The number of nitrogens with one attached hydrogen (secondary N) is 2. The number of rotatable bonds is 7. The summed E-state index contributed by atoms with van der Waals surface area (Å²) in [5.41, 5.74) is 8.58. The maximum absolute atomic E-state index is 12.2. The van der Waals surface area contributed by atoms with E-state index in [0.717, 1.165) is 16.3 Å². The standard InChI is InChI=1S/C20H19N3O3S2/c1-2-26-17-7-3-14(4-8-17)19(24)22-23-20(25)15-5-9-18(10-6-15)28-12-16-11-27-13-21-16/h3-11,13H,2,12H2,1H3,(H,22,24)(H,23,25). The van der Waals surface area contributed by atoms with Crippen LogP contribution in [0.2, 0.25) is 0 Å². The first kappa shape index (κ1) is 19.9. The zero-order valence-electron chi connectivity index (χ0n) is 15.2. The smallest absolute Gasteiger partial charge is 0.269 e. The second-order valence-electron chi connectivity index (χ2n) is 5.66. The Morgan fingerprint density at radius 3 is 2.14 bits per heavy atom. The van der Waals surface area contributed by atoms with Gasteiger partial charge in [0.25, 0.3) is 11.8 Å². The maximum Gasteiger partial charge on any atom is 0.269 e. The second-order valence-corrected chi connectivity index (χ2v) is 7.43. The van der Waals surface area contributed by atoms with E-state index in [4.69, 9.17) is 4.74 Å². The lowest BCUT2D eigenvalue weighted by atomic mass is 10.2. The Hall–Kier alpha value is -2.84. The number of benzene rings is 2. The van der Waals surface area contributed by atoms with Crippen molar-refractivity contribution in [1.29, 1.82) is 0 Å². The highest BCUT2D eigenvalue weighted by Gasteiger charge is 2.09. The number of amides is 2. The minimum atomic E-state index is -0.396. The Bertz CT molecular complexity index is 911. The molecule has 6 nitrogen and oxygen atoms in total. The molecule has 2 aromatic carbocycles. The molecule has 0 aliphatic carbocycles. The molecule has 1 aromatic heterocycles. The van der Waals surface area contributed by atoms with Crippen LogP contribution in [0.15, 0.2) is 64.3 Å². The van der Waals surface area contributed by atoms with Crippen LogP contribution in [0.3, 0.4) is 0 Å². The lowest BCUT2D eigenvalue weighted by molar-refractivity contribution is 0.0846. The van der Waals surface area contributed by atoms with Gasteiger partial charge in [-0.2, -0.15) is 0 Å². The molecule has 0 aliphatic heterocycles. The number of nitrogens with zero attached hydrogens (tertiary/aromatic N) is 1. The Balaban J connectivity index is 1.49.